The first kappa shape index (κ1) is 23.9. The van der Waals surface area contributed by atoms with Crippen molar-refractivity contribution in [3.63, 3.8) is 0 Å². The van der Waals surface area contributed by atoms with Crippen LogP contribution >= 0.6 is 0 Å². The van der Waals surface area contributed by atoms with E-state index in [1.807, 2.05) is 0 Å². The second-order valence-electron chi connectivity index (χ2n) is 6.84. The molecule has 0 aliphatic carbocycles. The lowest BCUT2D eigenvalue weighted by Gasteiger charge is -2.04. The van der Waals surface area contributed by atoms with E-state index in [-0.39, 0.29) is 6.61 Å². The third kappa shape index (κ3) is 17.5. The summed E-state index contributed by atoms with van der Waals surface area (Å²) in [7, 11) is 0. The molecule has 0 aliphatic heterocycles. The van der Waals surface area contributed by atoms with Gasteiger partial charge in [-0.15, -0.1) is 0 Å². The van der Waals surface area contributed by atoms with Crippen LogP contribution in [0.5, 0.6) is 0 Å². The second-order valence-corrected chi connectivity index (χ2v) is 6.84. The van der Waals surface area contributed by atoms with E-state index in [9.17, 15) is 9.59 Å². The zero-order valence-electron chi connectivity index (χ0n) is 16.2. The van der Waals surface area contributed by atoms with Crippen LogP contribution in [0.2, 0.25) is 0 Å². The fourth-order valence-corrected chi connectivity index (χ4v) is 2.92. The number of unbranched alkanes of at least 4 members (excludes halogenated alkanes) is 15. The van der Waals surface area contributed by atoms with Gasteiger partial charge in [-0.1, -0.05) is 103 Å². The first-order chi connectivity index (χ1) is 12.2. The molecule has 0 unspecified atom stereocenters. The van der Waals surface area contributed by atoms with Gasteiger partial charge in [0, 0.05) is 0 Å². The molecule has 0 aromatic rings. The summed E-state index contributed by atoms with van der Waals surface area (Å²) in [6, 6.07) is 0. The zero-order valence-corrected chi connectivity index (χ0v) is 16.2. The second kappa shape index (κ2) is 19.2. The van der Waals surface area contributed by atoms with Crippen molar-refractivity contribution in [3.05, 3.63) is 0 Å². The van der Waals surface area contributed by atoms with Crippen molar-refractivity contribution < 1.29 is 19.2 Å². The Morgan fingerprint density at radius 1 is 0.600 bits per heavy atom. The molecular weight excluding hydrogens is 318 g/mol. The zero-order chi connectivity index (χ0) is 18.6. The van der Waals surface area contributed by atoms with Gasteiger partial charge in [-0.2, -0.15) is 5.90 Å². The summed E-state index contributed by atoms with van der Waals surface area (Å²) < 4.78 is 4.72. The van der Waals surface area contributed by atoms with E-state index in [0.717, 1.165) is 19.3 Å². The van der Waals surface area contributed by atoms with Crippen LogP contribution in [0.3, 0.4) is 0 Å². The van der Waals surface area contributed by atoms with Crippen molar-refractivity contribution in [2.45, 2.75) is 110 Å². The monoisotopic (exact) mass is 357 g/mol. The van der Waals surface area contributed by atoms with Crippen LogP contribution in [0.25, 0.3) is 0 Å². The van der Waals surface area contributed by atoms with Gasteiger partial charge in [0.05, 0.1) is 6.61 Å². The predicted octanol–water partition coefficient (Wildman–Crippen LogP) is 5.21. The van der Waals surface area contributed by atoms with Crippen molar-refractivity contribution in [2.24, 2.45) is 5.90 Å². The Labute approximate surface area is 154 Å². The van der Waals surface area contributed by atoms with Crippen LogP contribution in [0.4, 0.5) is 0 Å². The number of esters is 1. The Bertz CT molecular complexity index is 321. The highest BCUT2D eigenvalue weighted by Gasteiger charge is 2.15. The van der Waals surface area contributed by atoms with Crippen molar-refractivity contribution in [1.82, 2.24) is 0 Å². The molecule has 0 aromatic carbocycles. The molecule has 5 nitrogen and oxygen atoms in total. The Balaban J connectivity index is 3.10. The molecule has 0 saturated carbocycles. The molecule has 0 aliphatic rings. The molecule has 148 valence electrons. The highest BCUT2D eigenvalue weighted by Crippen LogP contribution is 2.13. The number of rotatable bonds is 17. The summed E-state index contributed by atoms with van der Waals surface area (Å²) in [4.78, 5) is 25.4. The molecule has 2 N–H and O–H groups in total. The largest absolute Gasteiger partial charge is 0.457 e. The Morgan fingerprint density at radius 3 is 1.32 bits per heavy atom. The van der Waals surface area contributed by atoms with Gasteiger partial charge < -0.3 is 9.57 Å². The molecule has 5 heteroatoms. The van der Waals surface area contributed by atoms with Gasteiger partial charge in [-0.25, -0.2) is 9.59 Å². The molecule has 0 spiro atoms. The number of carbonyl (C=O) groups excluding carboxylic acids is 2. The Morgan fingerprint density at radius 2 is 0.960 bits per heavy atom. The molecule has 0 rings (SSSR count). The molecule has 0 saturated heterocycles. The van der Waals surface area contributed by atoms with Gasteiger partial charge in [0.15, 0.2) is 0 Å². The van der Waals surface area contributed by atoms with E-state index in [1.165, 1.54) is 83.5 Å². The maximum Gasteiger partial charge on any atom is 0.435 e. The normalized spacial score (nSPS) is 10.6. The quantitative estimate of drug-likeness (QED) is 0.167. The minimum Gasteiger partial charge on any atom is -0.457 e. The van der Waals surface area contributed by atoms with Gasteiger partial charge in [0.1, 0.15) is 0 Å². The highest BCUT2D eigenvalue weighted by atomic mass is 16.7. The first-order valence-electron chi connectivity index (χ1n) is 10.3. The molecule has 0 heterocycles. The molecule has 0 amide bonds. The number of ether oxygens (including phenoxy) is 1. The average molecular weight is 358 g/mol. The summed E-state index contributed by atoms with van der Waals surface area (Å²) in [6.45, 7) is 2.52. The first-order valence-corrected chi connectivity index (χ1v) is 10.3. The minimum absolute atomic E-state index is 0.256. The predicted molar refractivity (Wildman–Crippen MR) is 101 cm³/mol. The van der Waals surface area contributed by atoms with Crippen LogP contribution in [-0.4, -0.2) is 18.5 Å². The van der Waals surface area contributed by atoms with E-state index in [4.69, 9.17) is 4.74 Å². The summed E-state index contributed by atoms with van der Waals surface area (Å²) >= 11 is 0. The summed E-state index contributed by atoms with van der Waals surface area (Å²) in [6.07, 6.45) is 20.7. The number of hydrogen-bond acceptors (Lipinski definition) is 5. The van der Waals surface area contributed by atoms with Crippen molar-refractivity contribution in [2.75, 3.05) is 6.61 Å². The Kier molecular flexibility index (Phi) is 18.4. The van der Waals surface area contributed by atoms with E-state index in [1.54, 1.807) is 0 Å². The molecule has 25 heavy (non-hydrogen) atoms. The van der Waals surface area contributed by atoms with Gasteiger partial charge in [0.25, 0.3) is 0 Å². The number of nitrogens with two attached hydrogens (primary N) is 1. The molecule has 0 atom stereocenters. The fraction of sp³-hybridized carbons (Fsp3) is 0.900. The fourth-order valence-electron chi connectivity index (χ4n) is 2.92. The third-order valence-corrected chi connectivity index (χ3v) is 4.50. The minimum atomic E-state index is -1.14. The van der Waals surface area contributed by atoms with Crippen LogP contribution in [0, 0.1) is 0 Å². The lowest BCUT2D eigenvalue weighted by molar-refractivity contribution is -0.168. The van der Waals surface area contributed by atoms with Crippen LogP contribution in [0.1, 0.15) is 110 Å². The van der Waals surface area contributed by atoms with Crippen LogP contribution in [0.15, 0.2) is 0 Å². The van der Waals surface area contributed by atoms with Gasteiger partial charge >= 0.3 is 11.9 Å². The van der Waals surface area contributed by atoms with Gasteiger partial charge in [-0.05, 0) is 6.42 Å². The molecule has 0 radical (unpaired) electrons. The molecule has 0 fully saturated rings. The summed E-state index contributed by atoms with van der Waals surface area (Å²) in [5.74, 6) is 2.44. The molecule has 0 bridgehead atoms. The average Bonchev–Trinajstić information content (AvgIpc) is 2.63. The molecule has 0 aromatic heterocycles. The van der Waals surface area contributed by atoms with E-state index < -0.39 is 11.9 Å². The number of hydrogen-bond donors (Lipinski definition) is 1. The van der Waals surface area contributed by atoms with Gasteiger partial charge in [-0.3, -0.25) is 0 Å². The maximum absolute atomic E-state index is 11.0. The van der Waals surface area contributed by atoms with E-state index in [2.05, 4.69) is 17.7 Å². The van der Waals surface area contributed by atoms with Crippen LogP contribution in [-0.2, 0) is 19.2 Å². The topological polar surface area (TPSA) is 78.6 Å². The van der Waals surface area contributed by atoms with Gasteiger partial charge in [0.2, 0.25) is 0 Å². The Hall–Kier alpha value is -1.10. The van der Waals surface area contributed by atoms with E-state index >= 15 is 0 Å². The van der Waals surface area contributed by atoms with Crippen molar-refractivity contribution in [1.29, 1.82) is 0 Å². The third-order valence-electron chi connectivity index (χ3n) is 4.50. The lowest BCUT2D eigenvalue weighted by atomic mass is 10.0. The maximum atomic E-state index is 11.0. The lowest BCUT2D eigenvalue weighted by Crippen LogP contribution is -2.23. The van der Waals surface area contributed by atoms with Crippen molar-refractivity contribution >= 4 is 11.9 Å². The van der Waals surface area contributed by atoms with Crippen molar-refractivity contribution in [3.8, 4) is 0 Å². The highest BCUT2D eigenvalue weighted by molar-refractivity contribution is 6.29. The molecular formula is C20H39NO4. The standard InChI is InChI=1S/C20H39NO4/c1-2-3-4-5-6-7-8-9-10-11-12-13-14-15-16-17-18-24-19(22)20(23)25-21/h2-18,21H2,1H3. The summed E-state index contributed by atoms with van der Waals surface area (Å²) in [5, 5.41) is 0. The van der Waals surface area contributed by atoms with E-state index in [0.29, 0.717) is 0 Å². The smallest absolute Gasteiger partial charge is 0.435 e. The SMILES string of the molecule is CCCCCCCCCCCCCCCCCCOC(=O)C(=O)ON. The number of carbonyl (C=O) groups is 2. The summed E-state index contributed by atoms with van der Waals surface area (Å²) in [5.41, 5.74) is 0. The van der Waals surface area contributed by atoms with Crippen LogP contribution < -0.4 is 5.90 Å².